The van der Waals surface area contributed by atoms with Crippen molar-refractivity contribution < 1.29 is 9.59 Å². The van der Waals surface area contributed by atoms with Crippen molar-refractivity contribution >= 4 is 46.8 Å². The van der Waals surface area contributed by atoms with Crippen molar-refractivity contribution in [1.29, 1.82) is 0 Å². The molecule has 0 radical (unpaired) electrons. The van der Waals surface area contributed by atoms with Gasteiger partial charge in [0, 0.05) is 34.3 Å². The lowest BCUT2D eigenvalue weighted by molar-refractivity contribution is -0.121. The van der Waals surface area contributed by atoms with E-state index in [9.17, 15) is 9.59 Å². The highest BCUT2D eigenvalue weighted by Gasteiger charge is 2.24. The molecule has 0 aliphatic carbocycles. The van der Waals surface area contributed by atoms with Crippen molar-refractivity contribution in [3.8, 4) is 0 Å². The number of unbranched alkanes of at least 4 members (excludes halogenated alkanes) is 2. The first-order chi connectivity index (χ1) is 16.0. The second-order valence-electron chi connectivity index (χ2n) is 8.35. The summed E-state index contributed by atoms with van der Waals surface area (Å²) in [6, 6.07) is 14.6. The third-order valence-corrected chi connectivity index (χ3v) is 6.29. The van der Waals surface area contributed by atoms with Gasteiger partial charge in [0.2, 0.25) is 11.8 Å². The summed E-state index contributed by atoms with van der Waals surface area (Å²) in [5.41, 5.74) is 1.70. The van der Waals surface area contributed by atoms with Gasteiger partial charge >= 0.3 is 0 Å². The molecule has 5 nitrogen and oxygen atoms in total. The van der Waals surface area contributed by atoms with E-state index in [2.05, 4.69) is 15.5 Å². The summed E-state index contributed by atoms with van der Waals surface area (Å²) in [6.45, 7) is 3.60. The maximum atomic E-state index is 12.5. The fourth-order valence-corrected chi connectivity index (χ4v) is 4.20. The summed E-state index contributed by atoms with van der Waals surface area (Å²) in [4.78, 5) is 26.8. The van der Waals surface area contributed by atoms with E-state index in [1.807, 2.05) is 24.3 Å². The van der Waals surface area contributed by atoms with Crippen LogP contribution in [-0.2, 0) is 9.59 Å². The molecular formula is C26H31Cl2N3O2. The molecule has 0 bridgehead atoms. The average molecular weight is 488 g/mol. The first-order valence-electron chi connectivity index (χ1n) is 11.5. The number of piperidine rings is 1. The summed E-state index contributed by atoms with van der Waals surface area (Å²) in [5.74, 6) is 0.0530. The van der Waals surface area contributed by atoms with Crippen LogP contribution in [0.3, 0.4) is 0 Å². The minimum absolute atomic E-state index is 0.0522. The molecule has 2 N–H and O–H groups in total. The maximum absolute atomic E-state index is 12.5. The lowest BCUT2D eigenvalue weighted by Gasteiger charge is -2.31. The van der Waals surface area contributed by atoms with Gasteiger partial charge in [-0.15, -0.1) is 0 Å². The van der Waals surface area contributed by atoms with Crippen LogP contribution in [0.2, 0.25) is 10.0 Å². The van der Waals surface area contributed by atoms with Crippen LogP contribution >= 0.6 is 23.2 Å². The highest BCUT2D eigenvalue weighted by Crippen LogP contribution is 2.21. The Morgan fingerprint density at radius 2 is 1.73 bits per heavy atom. The van der Waals surface area contributed by atoms with Crippen molar-refractivity contribution in [3.63, 3.8) is 0 Å². The van der Waals surface area contributed by atoms with Crippen LogP contribution in [-0.4, -0.2) is 42.9 Å². The molecular weight excluding hydrogens is 457 g/mol. The molecule has 0 atom stereocenters. The van der Waals surface area contributed by atoms with E-state index in [1.165, 1.54) is 0 Å². The number of likely N-dealkylation sites (tertiary alicyclic amines) is 1. The van der Waals surface area contributed by atoms with E-state index in [4.69, 9.17) is 23.2 Å². The fourth-order valence-electron chi connectivity index (χ4n) is 3.88. The van der Waals surface area contributed by atoms with Gasteiger partial charge in [0.25, 0.3) is 0 Å². The molecule has 0 spiro atoms. The van der Waals surface area contributed by atoms with Gasteiger partial charge in [-0.1, -0.05) is 47.8 Å². The summed E-state index contributed by atoms with van der Waals surface area (Å²) in [7, 11) is 0. The zero-order chi connectivity index (χ0) is 23.5. The fraction of sp³-hybridized carbons (Fsp3) is 0.385. The Bertz CT molecular complexity index is 939. The monoisotopic (exact) mass is 487 g/mol. The van der Waals surface area contributed by atoms with Gasteiger partial charge < -0.3 is 15.5 Å². The Morgan fingerprint density at radius 1 is 0.970 bits per heavy atom. The molecule has 1 fully saturated rings. The molecule has 1 aliphatic heterocycles. The molecule has 3 rings (SSSR count). The smallest absolute Gasteiger partial charge is 0.243 e. The number of benzene rings is 2. The average Bonchev–Trinajstić information content (AvgIpc) is 2.81. The Hall–Kier alpha value is -2.34. The lowest BCUT2D eigenvalue weighted by atomic mass is 9.95. The van der Waals surface area contributed by atoms with Gasteiger partial charge in [-0.05, 0) is 87.3 Å². The summed E-state index contributed by atoms with van der Waals surface area (Å²) >= 11 is 11.8. The zero-order valence-electron chi connectivity index (χ0n) is 18.7. The number of nitrogens with one attached hydrogen (secondary N) is 2. The van der Waals surface area contributed by atoms with Crippen molar-refractivity contribution in [2.24, 2.45) is 5.92 Å². The van der Waals surface area contributed by atoms with Gasteiger partial charge in [-0.2, -0.15) is 0 Å². The number of rotatable bonds is 10. The van der Waals surface area contributed by atoms with Crippen molar-refractivity contribution in [2.45, 2.75) is 32.1 Å². The van der Waals surface area contributed by atoms with E-state index >= 15 is 0 Å². The topological polar surface area (TPSA) is 61.4 Å². The third kappa shape index (κ3) is 9.20. The van der Waals surface area contributed by atoms with E-state index in [0.717, 1.165) is 63.0 Å². The Kier molecular flexibility index (Phi) is 10.3. The standard InChI is InChI=1S/C26H31Cl2N3O2/c27-22-10-7-20(8-11-22)9-12-25(32)29-15-2-1-3-16-31-17-13-21(14-18-31)26(33)30-24-6-4-5-23(28)19-24/h4-12,19,21H,1-3,13-18H2,(H,29,32)(H,30,33)/b12-9+. The highest BCUT2D eigenvalue weighted by molar-refractivity contribution is 6.31. The number of anilines is 1. The summed E-state index contributed by atoms with van der Waals surface area (Å²) < 4.78 is 0. The largest absolute Gasteiger partial charge is 0.353 e. The minimum atomic E-state index is -0.0805. The van der Waals surface area contributed by atoms with Crippen LogP contribution in [0.4, 0.5) is 5.69 Å². The number of nitrogens with zero attached hydrogens (tertiary/aromatic N) is 1. The molecule has 176 valence electrons. The molecule has 7 heteroatoms. The molecule has 2 aromatic carbocycles. The number of halogens is 2. The second-order valence-corrected chi connectivity index (χ2v) is 9.22. The van der Waals surface area contributed by atoms with Crippen LogP contribution in [0.25, 0.3) is 6.08 Å². The quantitative estimate of drug-likeness (QED) is 0.336. The number of hydrogen-bond donors (Lipinski definition) is 2. The predicted molar refractivity (Wildman–Crippen MR) is 137 cm³/mol. The normalized spacial score (nSPS) is 15.0. The van der Waals surface area contributed by atoms with Crippen LogP contribution < -0.4 is 10.6 Å². The third-order valence-electron chi connectivity index (χ3n) is 5.80. The number of amides is 2. The zero-order valence-corrected chi connectivity index (χ0v) is 20.2. The van der Waals surface area contributed by atoms with Gasteiger partial charge in [0.15, 0.2) is 0 Å². The van der Waals surface area contributed by atoms with E-state index in [-0.39, 0.29) is 17.7 Å². The first kappa shape index (κ1) is 25.3. The Labute approximate surface area is 206 Å². The van der Waals surface area contributed by atoms with Gasteiger partial charge in [-0.3, -0.25) is 9.59 Å². The van der Waals surface area contributed by atoms with Crippen LogP contribution in [0.15, 0.2) is 54.6 Å². The van der Waals surface area contributed by atoms with Crippen molar-refractivity contribution in [1.82, 2.24) is 10.2 Å². The molecule has 1 heterocycles. The van der Waals surface area contributed by atoms with Crippen LogP contribution in [0, 0.1) is 5.92 Å². The van der Waals surface area contributed by atoms with E-state index in [1.54, 1.807) is 36.4 Å². The van der Waals surface area contributed by atoms with E-state index in [0.29, 0.717) is 16.6 Å². The molecule has 33 heavy (non-hydrogen) atoms. The summed E-state index contributed by atoms with van der Waals surface area (Å²) in [6.07, 6.45) is 8.20. The summed E-state index contributed by atoms with van der Waals surface area (Å²) in [5, 5.41) is 7.21. The molecule has 2 aromatic rings. The highest BCUT2D eigenvalue weighted by atomic mass is 35.5. The minimum Gasteiger partial charge on any atom is -0.353 e. The number of hydrogen-bond acceptors (Lipinski definition) is 3. The van der Waals surface area contributed by atoms with Gasteiger partial charge in [-0.25, -0.2) is 0 Å². The van der Waals surface area contributed by atoms with Crippen molar-refractivity contribution in [3.05, 3.63) is 70.2 Å². The first-order valence-corrected chi connectivity index (χ1v) is 12.3. The molecule has 0 unspecified atom stereocenters. The Balaban J connectivity index is 1.23. The predicted octanol–water partition coefficient (Wildman–Crippen LogP) is 5.64. The molecule has 0 aromatic heterocycles. The molecule has 1 saturated heterocycles. The number of carbonyl (C=O) groups excluding carboxylic acids is 2. The maximum Gasteiger partial charge on any atom is 0.243 e. The second kappa shape index (κ2) is 13.4. The lowest BCUT2D eigenvalue weighted by Crippen LogP contribution is -2.38. The SMILES string of the molecule is O=C(/C=C/c1ccc(Cl)cc1)NCCCCCN1CCC(C(=O)Nc2cccc(Cl)c2)CC1. The Morgan fingerprint density at radius 3 is 2.45 bits per heavy atom. The van der Waals surface area contributed by atoms with Crippen LogP contribution in [0.1, 0.15) is 37.7 Å². The van der Waals surface area contributed by atoms with Crippen LogP contribution in [0.5, 0.6) is 0 Å². The molecule has 2 amide bonds. The van der Waals surface area contributed by atoms with Crippen molar-refractivity contribution in [2.75, 3.05) is 31.5 Å². The number of carbonyl (C=O) groups is 2. The molecule has 0 saturated carbocycles. The van der Waals surface area contributed by atoms with E-state index < -0.39 is 0 Å². The van der Waals surface area contributed by atoms with Gasteiger partial charge in [0.1, 0.15) is 0 Å². The van der Waals surface area contributed by atoms with Gasteiger partial charge in [0.05, 0.1) is 0 Å². The molecule has 1 aliphatic rings.